The fourth-order valence-corrected chi connectivity index (χ4v) is 4.10. The monoisotopic (exact) mass is 360 g/mol. The number of anilines is 1. The van der Waals surface area contributed by atoms with E-state index in [1.807, 2.05) is 24.1 Å². The zero-order valence-corrected chi connectivity index (χ0v) is 15.7. The zero-order chi connectivity index (χ0) is 17.8. The molecule has 5 nitrogen and oxygen atoms in total. The number of benzene rings is 1. The van der Waals surface area contributed by atoms with Gasteiger partial charge in [0.15, 0.2) is 6.54 Å². The number of hydrogen-bond acceptors (Lipinski definition) is 4. The molecule has 6 heteroatoms. The van der Waals surface area contributed by atoms with E-state index in [1.165, 1.54) is 15.3 Å². The lowest BCUT2D eigenvalue weighted by atomic mass is 10.2. The van der Waals surface area contributed by atoms with Gasteiger partial charge in [0.1, 0.15) is 5.75 Å². The summed E-state index contributed by atoms with van der Waals surface area (Å²) in [7, 11) is 1.90. The van der Waals surface area contributed by atoms with Crippen molar-refractivity contribution in [1.82, 2.24) is 4.90 Å². The Kier molecular flexibility index (Phi) is 5.60. The van der Waals surface area contributed by atoms with Crippen molar-refractivity contribution in [2.75, 3.05) is 44.7 Å². The lowest BCUT2D eigenvalue weighted by molar-refractivity contribution is -0.892. The summed E-state index contributed by atoms with van der Waals surface area (Å²) in [5.41, 5.74) is 2.40. The van der Waals surface area contributed by atoms with Crippen LogP contribution in [0.5, 0.6) is 5.75 Å². The maximum atomic E-state index is 12.5. The van der Waals surface area contributed by atoms with Crippen molar-refractivity contribution in [3.05, 3.63) is 46.2 Å². The van der Waals surface area contributed by atoms with Crippen molar-refractivity contribution in [3.63, 3.8) is 0 Å². The zero-order valence-electron chi connectivity index (χ0n) is 14.9. The van der Waals surface area contributed by atoms with Gasteiger partial charge < -0.3 is 19.8 Å². The lowest BCUT2D eigenvalue weighted by Crippen LogP contribution is -3.15. The highest BCUT2D eigenvalue weighted by atomic mass is 32.1. The number of carbonyl (C=O) groups is 1. The SMILES string of the molecule is Cc1ccsc1CN(C)C(=O)C[NH+]1CCN(c2ccc(O)cc2)CC1. The number of piperazine rings is 1. The standard InChI is InChI=1S/C19H25N3O2S/c1-15-7-12-25-18(15)13-20(2)19(24)14-21-8-10-22(11-9-21)16-3-5-17(23)6-4-16/h3-7,12,23H,8-11,13-14H2,1-2H3/p+1. The number of thiophene rings is 1. The number of quaternary nitrogens is 1. The molecule has 0 aliphatic carbocycles. The number of aryl methyl sites for hydroxylation is 1. The predicted molar refractivity (Wildman–Crippen MR) is 101 cm³/mol. The minimum atomic E-state index is 0.209. The Bertz CT molecular complexity index is 706. The van der Waals surface area contributed by atoms with Gasteiger partial charge in [-0.2, -0.15) is 0 Å². The molecule has 1 aromatic heterocycles. The summed E-state index contributed by atoms with van der Waals surface area (Å²) in [5.74, 6) is 0.503. The Labute approximate surface area is 153 Å². The number of rotatable bonds is 5. The quantitative estimate of drug-likeness (QED) is 0.840. The fourth-order valence-electron chi connectivity index (χ4n) is 3.14. The maximum absolute atomic E-state index is 12.5. The second kappa shape index (κ2) is 7.89. The van der Waals surface area contributed by atoms with Gasteiger partial charge in [0.05, 0.1) is 32.7 Å². The number of hydrogen-bond donors (Lipinski definition) is 2. The topological polar surface area (TPSA) is 48.2 Å². The van der Waals surface area contributed by atoms with Crippen molar-refractivity contribution in [1.29, 1.82) is 0 Å². The predicted octanol–water partition coefficient (Wildman–Crippen LogP) is 1.13. The minimum Gasteiger partial charge on any atom is -0.508 e. The molecule has 1 aromatic carbocycles. The van der Waals surface area contributed by atoms with Gasteiger partial charge >= 0.3 is 0 Å². The molecule has 2 N–H and O–H groups in total. The number of phenolic OH excluding ortho intramolecular Hbond substituents is 1. The number of aromatic hydroxyl groups is 1. The molecule has 2 heterocycles. The molecule has 1 fully saturated rings. The first-order valence-corrected chi connectivity index (χ1v) is 9.55. The van der Waals surface area contributed by atoms with Gasteiger partial charge in [-0.1, -0.05) is 0 Å². The third-order valence-electron chi connectivity index (χ3n) is 4.86. The molecular weight excluding hydrogens is 334 g/mol. The molecule has 2 aromatic rings. The van der Waals surface area contributed by atoms with E-state index in [9.17, 15) is 9.90 Å². The van der Waals surface area contributed by atoms with E-state index in [0.29, 0.717) is 18.8 Å². The van der Waals surface area contributed by atoms with Crippen LogP contribution < -0.4 is 9.80 Å². The van der Waals surface area contributed by atoms with E-state index >= 15 is 0 Å². The highest BCUT2D eigenvalue weighted by Crippen LogP contribution is 2.18. The summed E-state index contributed by atoms with van der Waals surface area (Å²) in [4.78, 5) is 19.3. The van der Waals surface area contributed by atoms with Crippen LogP contribution in [0.15, 0.2) is 35.7 Å². The van der Waals surface area contributed by atoms with Crippen molar-refractivity contribution < 1.29 is 14.8 Å². The van der Waals surface area contributed by atoms with Crippen LogP contribution in [0, 0.1) is 6.92 Å². The molecule has 1 aliphatic rings. The number of nitrogens with zero attached hydrogens (tertiary/aromatic N) is 2. The minimum absolute atomic E-state index is 0.209. The van der Waals surface area contributed by atoms with Crippen LogP contribution in [0.2, 0.25) is 0 Å². The molecule has 1 amide bonds. The Morgan fingerprint density at radius 1 is 1.24 bits per heavy atom. The molecule has 0 radical (unpaired) electrons. The Morgan fingerprint density at radius 3 is 2.52 bits per heavy atom. The second-order valence-electron chi connectivity index (χ2n) is 6.71. The summed E-state index contributed by atoms with van der Waals surface area (Å²) < 4.78 is 0. The van der Waals surface area contributed by atoms with E-state index in [2.05, 4.69) is 23.3 Å². The highest BCUT2D eigenvalue weighted by Gasteiger charge is 2.24. The molecule has 0 saturated carbocycles. The molecule has 0 spiro atoms. The van der Waals surface area contributed by atoms with Crippen molar-refractivity contribution in [2.24, 2.45) is 0 Å². The van der Waals surface area contributed by atoms with Crippen LogP contribution in [0.3, 0.4) is 0 Å². The van der Waals surface area contributed by atoms with E-state index in [0.717, 1.165) is 31.9 Å². The number of phenols is 1. The van der Waals surface area contributed by atoms with Gasteiger partial charge in [-0.15, -0.1) is 11.3 Å². The summed E-state index contributed by atoms with van der Waals surface area (Å²) in [6.07, 6.45) is 0. The van der Waals surface area contributed by atoms with Crippen LogP contribution >= 0.6 is 11.3 Å². The molecule has 0 atom stereocenters. The van der Waals surface area contributed by atoms with E-state index < -0.39 is 0 Å². The molecular formula is C19H26N3O2S+. The molecule has 134 valence electrons. The summed E-state index contributed by atoms with van der Waals surface area (Å²) >= 11 is 1.72. The summed E-state index contributed by atoms with van der Waals surface area (Å²) in [6.45, 7) is 7.14. The van der Waals surface area contributed by atoms with Gasteiger partial charge in [0.2, 0.25) is 0 Å². The van der Waals surface area contributed by atoms with Crippen LogP contribution in [-0.2, 0) is 11.3 Å². The maximum Gasteiger partial charge on any atom is 0.277 e. The second-order valence-corrected chi connectivity index (χ2v) is 7.71. The Balaban J connectivity index is 1.47. The van der Waals surface area contributed by atoms with Crippen LogP contribution in [0.4, 0.5) is 5.69 Å². The first-order chi connectivity index (χ1) is 12.0. The van der Waals surface area contributed by atoms with Gasteiger partial charge in [0, 0.05) is 17.6 Å². The molecule has 0 unspecified atom stereocenters. The third kappa shape index (κ3) is 4.52. The number of amides is 1. The smallest absolute Gasteiger partial charge is 0.277 e. The van der Waals surface area contributed by atoms with Crippen molar-refractivity contribution >= 4 is 22.9 Å². The Hall–Kier alpha value is -2.05. The van der Waals surface area contributed by atoms with Gasteiger partial charge in [-0.3, -0.25) is 4.79 Å². The average Bonchev–Trinajstić information content (AvgIpc) is 3.01. The first kappa shape index (κ1) is 17.8. The first-order valence-electron chi connectivity index (χ1n) is 8.67. The van der Waals surface area contributed by atoms with Gasteiger partial charge in [0.25, 0.3) is 5.91 Å². The molecule has 0 bridgehead atoms. The molecule has 25 heavy (non-hydrogen) atoms. The van der Waals surface area contributed by atoms with Crippen LogP contribution in [-0.4, -0.2) is 55.7 Å². The number of likely N-dealkylation sites (N-methyl/N-ethyl adjacent to an activating group) is 1. The lowest BCUT2D eigenvalue weighted by Gasteiger charge is -2.34. The van der Waals surface area contributed by atoms with Gasteiger partial charge in [-0.05, 0) is 48.2 Å². The van der Waals surface area contributed by atoms with E-state index in [1.54, 1.807) is 23.5 Å². The van der Waals surface area contributed by atoms with Crippen LogP contribution in [0.25, 0.3) is 0 Å². The Morgan fingerprint density at radius 2 is 1.92 bits per heavy atom. The molecule has 1 saturated heterocycles. The number of carbonyl (C=O) groups excluding carboxylic acids is 1. The highest BCUT2D eigenvalue weighted by molar-refractivity contribution is 7.10. The van der Waals surface area contributed by atoms with Crippen LogP contribution in [0.1, 0.15) is 10.4 Å². The van der Waals surface area contributed by atoms with Crippen molar-refractivity contribution in [2.45, 2.75) is 13.5 Å². The summed E-state index contributed by atoms with van der Waals surface area (Å²) in [5, 5.41) is 11.5. The summed E-state index contributed by atoms with van der Waals surface area (Å²) in [6, 6.07) is 9.44. The number of nitrogens with one attached hydrogen (secondary N) is 1. The van der Waals surface area contributed by atoms with Crippen molar-refractivity contribution in [3.8, 4) is 5.75 Å². The molecule has 1 aliphatic heterocycles. The normalized spacial score (nSPS) is 15.4. The fraction of sp³-hybridized carbons (Fsp3) is 0.421. The van der Waals surface area contributed by atoms with Gasteiger partial charge in [-0.25, -0.2) is 0 Å². The largest absolute Gasteiger partial charge is 0.508 e. The average molecular weight is 361 g/mol. The van der Waals surface area contributed by atoms with E-state index in [-0.39, 0.29) is 5.91 Å². The molecule has 3 rings (SSSR count). The third-order valence-corrected chi connectivity index (χ3v) is 5.87. The van der Waals surface area contributed by atoms with E-state index in [4.69, 9.17) is 0 Å².